The van der Waals surface area contributed by atoms with Gasteiger partial charge in [0, 0.05) is 0 Å². The summed E-state index contributed by atoms with van der Waals surface area (Å²) in [6, 6.07) is 0. The second kappa shape index (κ2) is 20.3. The molecular formula is C28H44N10O16P2. The normalized spacial score (nSPS) is 13.0. The van der Waals surface area contributed by atoms with Gasteiger partial charge in [0.05, 0.1) is 50.2 Å². The zero-order valence-electron chi connectivity index (χ0n) is 31.0. The molecule has 0 aliphatic rings. The lowest BCUT2D eigenvalue weighted by atomic mass is 10.4. The van der Waals surface area contributed by atoms with Crippen molar-refractivity contribution < 1.29 is 66.0 Å². The minimum Gasteiger partial charge on any atom is -0.432 e. The molecule has 2 atom stereocenters. The second-order valence-electron chi connectivity index (χ2n) is 12.1. The lowest BCUT2D eigenvalue weighted by Gasteiger charge is -2.21. The van der Waals surface area contributed by atoms with Crippen molar-refractivity contribution in [2.75, 3.05) is 37.7 Å². The number of nitrogens with one attached hydrogen (secondary N) is 2. The Balaban J connectivity index is 0.000000353. The highest BCUT2D eigenvalue weighted by Gasteiger charge is 2.29. The molecule has 0 saturated heterocycles. The van der Waals surface area contributed by atoms with E-state index in [4.69, 9.17) is 58.7 Å². The number of anilines is 2. The second-order valence-corrected chi connectivity index (χ2v) is 15.7. The Morgan fingerprint density at radius 1 is 0.732 bits per heavy atom. The fraction of sp³-hybridized carbons (Fsp3) is 0.571. The summed E-state index contributed by atoms with van der Waals surface area (Å²) in [6.45, 7) is 8.53. The Morgan fingerprint density at radius 2 is 1.12 bits per heavy atom. The first-order valence-electron chi connectivity index (χ1n) is 16.4. The zero-order chi connectivity index (χ0) is 41.8. The molecule has 0 spiro atoms. The summed E-state index contributed by atoms with van der Waals surface area (Å²) >= 11 is 0. The Bertz CT molecular complexity index is 2110. The molecule has 0 saturated carbocycles. The highest BCUT2D eigenvalue weighted by molar-refractivity contribution is 7.53. The number of hydrogen-bond donors (Lipinski definition) is 6. The Hall–Kier alpha value is -4.94. The summed E-state index contributed by atoms with van der Waals surface area (Å²) < 4.78 is 66.7. The third-order valence-corrected chi connectivity index (χ3v) is 8.40. The minimum absolute atomic E-state index is 0.0342. The van der Waals surface area contributed by atoms with E-state index in [1.807, 2.05) is 0 Å². The molecule has 4 aromatic rings. The molecule has 0 aliphatic heterocycles. The number of nitrogens with zero attached hydrogens (tertiary/aromatic N) is 6. The van der Waals surface area contributed by atoms with Gasteiger partial charge in [0.1, 0.15) is 12.7 Å². The van der Waals surface area contributed by atoms with E-state index in [-0.39, 0.29) is 47.3 Å². The maximum atomic E-state index is 13.1. The van der Waals surface area contributed by atoms with Crippen LogP contribution in [0.3, 0.4) is 0 Å². The molecule has 0 unspecified atom stereocenters. The van der Waals surface area contributed by atoms with Gasteiger partial charge in [0.15, 0.2) is 22.3 Å². The number of rotatable bonds is 18. The molecule has 26 nitrogen and oxygen atoms in total. The van der Waals surface area contributed by atoms with Crippen molar-refractivity contribution in [3.63, 3.8) is 0 Å². The molecule has 4 heterocycles. The Morgan fingerprint density at radius 3 is 1.50 bits per heavy atom. The summed E-state index contributed by atoms with van der Waals surface area (Å²) in [7, 11) is -8.32. The zero-order valence-corrected chi connectivity index (χ0v) is 32.8. The van der Waals surface area contributed by atoms with Gasteiger partial charge in [-0.2, -0.15) is 9.97 Å². The number of aromatic amines is 2. The number of nitrogen functional groups attached to an aromatic ring is 2. The fourth-order valence-electron chi connectivity index (χ4n) is 4.19. The van der Waals surface area contributed by atoms with Gasteiger partial charge in [0.25, 0.3) is 11.1 Å². The van der Waals surface area contributed by atoms with E-state index in [2.05, 4.69) is 29.9 Å². The summed E-state index contributed by atoms with van der Waals surface area (Å²) in [4.78, 5) is 84.6. The van der Waals surface area contributed by atoms with E-state index >= 15 is 0 Å². The number of H-pyrrole nitrogens is 2. The first-order chi connectivity index (χ1) is 26.1. The average molecular weight is 839 g/mol. The molecule has 0 aromatic carbocycles. The van der Waals surface area contributed by atoms with E-state index in [1.165, 1.54) is 21.8 Å². The molecule has 8 N–H and O–H groups in total. The van der Waals surface area contributed by atoms with E-state index < -0.39 is 89.3 Å². The van der Waals surface area contributed by atoms with Gasteiger partial charge >= 0.3 is 27.5 Å². The number of carbonyl (C=O) groups is 2. The number of imidazole rings is 2. The van der Waals surface area contributed by atoms with Crippen molar-refractivity contribution in [1.29, 1.82) is 0 Å². The number of nitrogens with two attached hydrogens (primary N) is 2. The molecule has 4 rings (SSSR count). The van der Waals surface area contributed by atoms with Crippen LogP contribution in [0.15, 0.2) is 22.2 Å². The highest BCUT2D eigenvalue weighted by atomic mass is 31.2. The van der Waals surface area contributed by atoms with Crippen LogP contribution in [0.25, 0.3) is 22.3 Å². The summed E-state index contributed by atoms with van der Waals surface area (Å²) in [5.41, 5.74) is 10.9. The Labute approximate surface area is 316 Å². The largest absolute Gasteiger partial charge is 0.510 e. The average Bonchev–Trinajstić information content (AvgIpc) is 3.66. The molecule has 0 fully saturated rings. The van der Waals surface area contributed by atoms with Crippen molar-refractivity contribution in [1.82, 2.24) is 39.0 Å². The van der Waals surface area contributed by atoms with E-state index in [1.54, 1.807) is 41.5 Å². The van der Waals surface area contributed by atoms with Crippen molar-refractivity contribution in [2.24, 2.45) is 0 Å². The first kappa shape index (κ1) is 45.4. The van der Waals surface area contributed by atoms with Gasteiger partial charge in [-0.15, -0.1) is 0 Å². The lowest BCUT2D eigenvalue weighted by Crippen LogP contribution is -2.20. The van der Waals surface area contributed by atoms with Gasteiger partial charge in [0.2, 0.25) is 25.5 Å². The third kappa shape index (κ3) is 15.0. The van der Waals surface area contributed by atoms with Crippen LogP contribution < -0.4 is 22.6 Å². The SMILES string of the molecule is CC(C)OC(=O)OCOP(=O)(CO[C@H](C)Cn1cnc2c(=O)[nH]c(N)nc21)OCOC(=O)OC(C)C.C[C@H](Cn1cnc2c(=O)[nH]c(N)nc21)OCP(=O)(O)O. The predicted octanol–water partition coefficient (Wildman–Crippen LogP) is 1.57. The summed E-state index contributed by atoms with van der Waals surface area (Å²) in [5, 5.41) is 0. The molecule has 312 valence electrons. The van der Waals surface area contributed by atoms with Gasteiger partial charge in [-0.05, 0) is 41.5 Å². The van der Waals surface area contributed by atoms with Crippen LogP contribution in [-0.2, 0) is 59.7 Å². The number of ether oxygens (including phenoxy) is 6. The van der Waals surface area contributed by atoms with Crippen LogP contribution in [0.1, 0.15) is 41.5 Å². The van der Waals surface area contributed by atoms with E-state index in [9.17, 15) is 28.3 Å². The molecule has 0 bridgehead atoms. The summed E-state index contributed by atoms with van der Waals surface area (Å²) in [5.74, 6) is -0.117. The van der Waals surface area contributed by atoms with Gasteiger partial charge in [-0.3, -0.25) is 37.7 Å². The van der Waals surface area contributed by atoms with Crippen LogP contribution in [0.4, 0.5) is 21.5 Å². The maximum absolute atomic E-state index is 13.1. The minimum atomic E-state index is -4.21. The topological polar surface area (TPSA) is 362 Å². The van der Waals surface area contributed by atoms with Crippen molar-refractivity contribution in [3.05, 3.63) is 33.4 Å². The van der Waals surface area contributed by atoms with Crippen LogP contribution in [0, 0.1) is 0 Å². The van der Waals surface area contributed by atoms with E-state index in [0.29, 0.717) is 0 Å². The highest BCUT2D eigenvalue weighted by Crippen LogP contribution is 2.48. The molecular weight excluding hydrogens is 794 g/mol. The maximum Gasteiger partial charge on any atom is 0.510 e. The van der Waals surface area contributed by atoms with Gasteiger partial charge in [-0.25, -0.2) is 19.6 Å². The van der Waals surface area contributed by atoms with E-state index in [0.717, 1.165) is 0 Å². The van der Waals surface area contributed by atoms with Crippen molar-refractivity contribution in [2.45, 2.75) is 79.0 Å². The van der Waals surface area contributed by atoms with Gasteiger partial charge < -0.3 is 58.8 Å². The standard InChI is InChI=1S/C19H30N5O11P.C9H14N5O5P/c1-11(2)34-18(26)29-8-32-36(28,33-9-30-19(27)35-12(3)4)10-31-13(5)6-24-7-21-14-15(24)22-17(20)23-16(14)25;1-5(19-4-20(16,17)18)2-14-3-11-6-7(14)12-9(10)13-8(6)15/h7,11-13H,6,8-10H2,1-5H3,(H3,20,22,23,25);3,5H,2,4H2,1H3,(H2,16,17,18)(H3,10,12,13,15)/t13-;5-/m11/s1. The quantitative estimate of drug-likeness (QED) is 0.0470. The van der Waals surface area contributed by atoms with Crippen LogP contribution in [0.2, 0.25) is 0 Å². The van der Waals surface area contributed by atoms with Crippen LogP contribution >= 0.6 is 15.2 Å². The summed E-state index contributed by atoms with van der Waals surface area (Å²) in [6.07, 6.45) is -2.60. The molecule has 56 heavy (non-hydrogen) atoms. The number of fused-ring (bicyclic) bond motifs is 2. The first-order valence-corrected chi connectivity index (χ1v) is 19.9. The molecule has 4 aromatic heterocycles. The van der Waals surface area contributed by atoms with Crippen LogP contribution in [0.5, 0.6) is 0 Å². The third-order valence-electron chi connectivity index (χ3n) is 6.45. The smallest absolute Gasteiger partial charge is 0.432 e. The lowest BCUT2D eigenvalue weighted by molar-refractivity contribution is -0.0369. The molecule has 0 radical (unpaired) electrons. The van der Waals surface area contributed by atoms with Crippen molar-refractivity contribution in [3.8, 4) is 0 Å². The number of carbonyl (C=O) groups excluding carboxylic acids is 2. The fourth-order valence-corrected chi connectivity index (χ4v) is 5.72. The van der Waals surface area contributed by atoms with Crippen molar-refractivity contribution >= 4 is 61.7 Å². The molecule has 0 amide bonds. The van der Waals surface area contributed by atoms with Gasteiger partial charge in [-0.1, -0.05) is 0 Å². The monoisotopic (exact) mass is 838 g/mol. The molecule has 0 aliphatic carbocycles. The van der Waals surface area contributed by atoms with Crippen LogP contribution in [-0.4, -0.2) is 112 Å². The predicted molar refractivity (Wildman–Crippen MR) is 193 cm³/mol. The molecule has 28 heteroatoms. The number of aromatic nitrogens is 8. The number of hydrogen-bond acceptors (Lipinski definition) is 20. The Kier molecular flexibility index (Phi) is 16.5.